The number of aryl methyl sites for hydroxylation is 2. The average molecular weight is 333 g/mol. The van der Waals surface area contributed by atoms with Crippen LogP contribution in [-0.4, -0.2) is 38.0 Å². The molecule has 1 fully saturated rings. The van der Waals surface area contributed by atoms with Gasteiger partial charge < -0.3 is 4.74 Å². The van der Waals surface area contributed by atoms with E-state index in [4.69, 9.17) is 4.74 Å². The van der Waals surface area contributed by atoms with Crippen molar-refractivity contribution in [1.29, 1.82) is 0 Å². The number of thiazole rings is 1. The first-order valence-corrected chi connectivity index (χ1v) is 9.28. The number of ether oxygens (including phenoxy) is 1. The zero-order valence-electron chi connectivity index (χ0n) is 13.6. The second-order valence-electron chi connectivity index (χ2n) is 6.59. The Morgan fingerprint density at radius 2 is 2.26 bits per heavy atom. The van der Waals surface area contributed by atoms with Crippen molar-refractivity contribution >= 4 is 11.3 Å². The van der Waals surface area contributed by atoms with Crippen LogP contribution in [-0.2, 0) is 31.0 Å². The highest BCUT2D eigenvalue weighted by Crippen LogP contribution is 2.29. The van der Waals surface area contributed by atoms with E-state index < -0.39 is 0 Å². The number of aromatic nitrogens is 4. The molecule has 3 heterocycles. The molecule has 1 saturated carbocycles. The van der Waals surface area contributed by atoms with Crippen LogP contribution in [0.1, 0.15) is 41.4 Å². The van der Waals surface area contributed by atoms with Crippen molar-refractivity contribution in [2.45, 2.75) is 52.4 Å². The van der Waals surface area contributed by atoms with Gasteiger partial charge in [0.1, 0.15) is 5.69 Å². The molecule has 0 bridgehead atoms. The van der Waals surface area contributed by atoms with Crippen molar-refractivity contribution in [2.24, 2.45) is 5.92 Å². The molecule has 1 aliphatic heterocycles. The lowest BCUT2D eigenvalue weighted by atomic mass is 10.3. The first kappa shape index (κ1) is 15.2. The SMILES string of the molecule is Cc1nc(CN2CCCn3nnc(COCC4CC4)c3C2)cs1. The van der Waals surface area contributed by atoms with Gasteiger partial charge in [-0.3, -0.25) is 4.90 Å². The lowest BCUT2D eigenvalue weighted by molar-refractivity contribution is 0.107. The summed E-state index contributed by atoms with van der Waals surface area (Å²) in [6.45, 7) is 7.32. The molecule has 124 valence electrons. The molecule has 0 radical (unpaired) electrons. The summed E-state index contributed by atoms with van der Waals surface area (Å²) in [5.41, 5.74) is 3.39. The molecule has 0 aromatic carbocycles. The molecule has 2 aromatic heterocycles. The second-order valence-corrected chi connectivity index (χ2v) is 7.65. The summed E-state index contributed by atoms with van der Waals surface area (Å²) >= 11 is 1.72. The molecular formula is C16H23N5OS. The maximum atomic E-state index is 5.82. The van der Waals surface area contributed by atoms with Crippen LogP contribution in [0.3, 0.4) is 0 Å². The summed E-state index contributed by atoms with van der Waals surface area (Å²) in [4.78, 5) is 7.04. The smallest absolute Gasteiger partial charge is 0.113 e. The molecule has 7 heteroatoms. The summed E-state index contributed by atoms with van der Waals surface area (Å²) < 4.78 is 7.88. The predicted molar refractivity (Wildman–Crippen MR) is 88.0 cm³/mol. The minimum atomic E-state index is 0.593. The van der Waals surface area contributed by atoms with Gasteiger partial charge in [0, 0.05) is 38.2 Å². The first-order valence-electron chi connectivity index (χ1n) is 8.40. The zero-order valence-corrected chi connectivity index (χ0v) is 14.4. The van der Waals surface area contributed by atoms with E-state index in [-0.39, 0.29) is 0 Å². The molecule has 0 N–H and O–H groups in total. The van der Waals surface area contributed by atoms with E-state index in [0.717, 1.165) is 55.8 Å². The number of fused-ring (bicyclic) bond motifs is 1. The van der Waals surface area contributed by atoms with E-state index in [2.05, 4.69) is 37.2 Å². The van der Waals surface area contributed by atoms with E-state index in [1.807, 2.05) is 0 Å². The highest BCUT2D eigenvalue weighted by molar-refractivity contribution is 7.09. The standard InChI is InChI=1S/C16H23N5OS/c1-12-17-14(11-23-12)7-20-5-2-6-21-16(8-20)15(18-19-21)10-22-9-13-3-4-13/h11,13H,2-10H2,1H3. The lowest BCUT2D eigenvalue weighted by Crippen LogP contribution is -2.23. The topological polar surface area (TPSA) is 56.1 Å². The van der Waals surface area contributed by atoms with Crippen LogP contribution in [0.2, 0.25) is 0 Å². The van der Waals surface area contributed by atoms with Crippen molar-refractivity contribution in [1.82, 2.24) is 24.9 Å². The molecule has 6 nitrogen and oxygen atoms in total. The fraction of sp³-hybridized carbons (Fsp3) is 0.688. The largest absolute Gasteiger partial charge is 0.375 e. The first-order chi connectivity index (χ1) is 11.3. The van der Waals surface area contributed by atoms with E-state index in [0.29, 0.717) is 6.61 Å². The minimum Gasteiger partial charge on any atom is -0.375 e. The summed E-state index contributed by atoms with van der Waals surface area (Å²) in [5.74, 6) is 0.786. The average Bonchev–Trinajstić information content (AvgIpc) is 3.21. The van der Waals surface area contributed by atoms with E-state index in [1.54, 1.807) is 11.3 Å². The Balaban J connectivity index is 1.42. The molecule has 0 saturated heterocycles. The number of rotatable bonds is 6. The Morgan fingerprint density at radius 1 is 1.35 bits per heavy atom. The molecule has 0 spiro atoms. The van der Waals surface area contributed by atoms with Gasteiger partial charge >= 0.3 is 0 Å². The number of nitrogens with zero attached hydrogens (tertiary/aromatic N) is 5. The molecule has 4 rings (SSSR count). The Labute approximate surface area is 140 Å². The lowest BCUT2D eigenvalue weighted by Gasteiger charge is -2.18. The normalized spacial score (nSPS) is 18.8. The summed E-state index contributed by atoms with van der Waals surface area (Å²) in [6.07, 6.45) is 3.74. The highest BCUT2D eigenvalue weighted by atomic mass is 32.1. The third-order valence-electron chi connectivity index (χ3n) is 4.48. The monoisotopic (exact) mass is 333 g/mol. The van der Waals surface area contributed by atoms with E-state index >= 15 is 0 Å². The van der Waals surface area contributed by atoms with Crippen molar-refractivity contribution < 1.29 is 4.74 Å². The maximum Gasteiger partial charge on any atom is 0.113 e. The van der Waals surface area contributed by atoms with Gasteiger partial charge in [0.15, 0.2) is 0 Å². The van der Waals surface area contributed by atoms with Gasteiger partial charge in [0.25, 0.3) is 0 Å². The fourth-order valence-electron chi connectivity index (χ4n) is 3.02. The van der Waals surface area contributed by atoms with E-state index in [9.17, 15) is 0 Å². The molecule has 0 unspecified atom stereocenters. The Bertz CT molecular complexity index is 663. The van der Waals surface area contributed by atoms with Crippen molar-refractivity contribution in [3.8, 4) is 0 Å². The molecule has 0 amide bonds. The fourth-order valence-corrected chi connectivity index (χ4v) is 3.62. The van der Waals surface area contributed by atoms with Crippen LogP contribution in [0.15, 0.2) is 5.38 Å². The number of hydrogen-bond acceptors (Lipinski definition) is 6. The van der Waals surface area contributed by atoms with Crippen LogP contribution >= 0.6 is 11.3 Å². The Hall–Kier alpha value is -1.31. The van der Waals surface area contributed by atoms with Gasteiger partial charge in [-0.15, -0.1) is 16.4 Å². The summed E-state index contributed by atoms with van der Waals surface area (Å²) in [6, 6.07) is 0. The Morgan fingerprint density at radius 3 is 3.04 bits per heavy atom. The third-order valence-corrected chi connectivity index (χ3v) is 5.30. The quantitative estimate of drug-likeness (QED) is 0.812. The second kappa shape index (κ2) is 6.67. The Kier molecular flexibility index (Phi) is 4.41. The maximum absolute atomic E-state index is 5.82. The summed E-state index contributed by atoms with van der Waals surface area (Å²) in [5, 5.41) is 12.0. The molecule has 2 aromatic rings. The molecule has 2 aliphatic rings. The van der Waals surface area contributed by atoms with Gasteiger partial charge in [0.05, 0.1) is 23.0 Å². The van der Waals surface area contributed by atoms with Gasteiger partial charge in [-0.05, 0) is 32.1 Å². The van der Waals surface area contributed by atoms with Crippen LogP contribution < -0.4 is 0 Å². The van der Waals surface area contributed by atoms with Crippen LogP contribution in [0.5, 0.6) is 0 Å². The molecule has 23 heavy (non-hydrogen) atoms. The summed E-state index contributed by atoms with van der Waals surface area (Å²) in [7, 11) is 0. The van der Waals surface area contributed by atoms with Gasteiger partial charge in [-0.2, -0.15) is 0 Å². The van der Waals surface area contributed by atoms with E-state index in [1.165, 1.54) is 24.2 Å². The third kappa shape index (κ3) is 3.79. The molecular weight excluding hydrogens is 310 g/mol. The molecule has 1 aliphatic carbocycles. The van der Waals surface area contributed by atoms with Crippen molar-refractivity contribution in [3.63, 3.8) is 0 Å². The predicted octanol–water partition coefficient (Wildman–Crippen LogP) is 2.38. The number of hydrogen-bond donors (Lipinski definition) is 0. The van der Waals surface area contributed by atoms with Crippen molar-refractivity contribution in [3.05, 3.63) is 27.5 Å². The van der Waals surface area contributed by atoms with Gasteiger partial charge in [0.2, 0.25) is 0 Å². The minimum absolute atomic E-state index is 0.593. The van der Waals surface area contributed by atoms with Gasteiger partial charge in [-0.25, -0.2) is 9.67 Å². The van der Waals surface area contributed by atoms with Crippen LogP contribution in [0.4, 0.5) is 0 Å². The van der Waals surface area contributed by atoms with Gasteiger partial charge in [-0.1, -0.05) is 5.21 Å². The van der Waals surface area contributed by atoms with Crippen LogP contribution in [0.25, 0.3) is 0 Å². The zero-order chi connectivity index (χ0) is 15.6. The molecule has 0 atom stereocenters. The van der Waals surface area contributed by atoms with Crippen molar-refractivity contribution in [2.75, 3.05) is 13.2 Å². The highest BCUT2D eigenvalue weighted by Gasteiger charge is 2.23. The van der Waals surface area contributed by atoms with Crippen LogP contribution in [0, 0.1) is 12.8 Å².